The molecular weight excluding hydrogens is 265 g/mol. The Bertz CT molecular complexity index is 303. The van der Waals surface area contributed by atoms with Crippen molar-refractivity contribution in [2.24, 2.45) is 5.16 Å². The van der Waals surface area contributed by atoms with E-state index in [0.29, 0.717) is 0 Å². The van der Waals surface area contributed by atoms with Crippen molar-refractivity contribution < 1.29 is 4.84 Å². The Balaban J connectivity index is 2.22. The van der Waals surface area contributed by atoms with E-state index in [1.807, 2.05) is 6.07 Å². The predicted molar refractivity (Wildman–Crippen MR) is 55.0 cm³/mol. The lowest BCUT2D eigenvalue weighted by Crippen LogP contribution is -1.95. The number of rotatable bonds is 1. The van der Waals surface area contributed by atoms with E-state index in [9.17, 15) is 0 Å². The number of halogens is 1. The Hall–Kier alpha value is -0.580. The molecule has 12 heavy (non-hydrogen) atoms. The number of benzene rings is 1. The minimum atomic E-state index is 0.0831. The lowest BCUT2D eigenvalue weighted by atomic mass is 10.1. The van der Waals surface area contributed by atoms with Crippen molar-refractivity contribution in [3.63, 3.8) is 0 Å². The van der Waals surface area contributed by atoms with Crippen LogP contribution in [0.4, 0.5) is 0 Å². The SMILES string of the molecule is Ic1cccc(C2C[C]=NO2)c1. The summed E-state index contributed by atoms with van der Waals surface area (Å²) in [4.78, 5) is 5.10. The van der Waals surface area contributed by atoms with Crippen LogP contribution in [0.15, 0.2) is 29.4 Å². The fraction of sp³-hybridized carbons (Fsp3) is 0.222. The average molecular weight is 272 g/mol. The monoisotopic (exact) mass is 272 g/mol. The van der Waals surface area contributed by atoms with Gasteiger partial charge >= 0.3 is 0 Å². The van der Waals surface area contributed by atoms with E-state index in [2.05, 4.69) is 52.2 Å². The molecular formula is C9H7INO. The maximum atomic E-state index is 5.10. The summed E-state index contributed by atoms with van der Waals surface area (Å²) in [7, 11) is 0. The molecule has 1 unspecified atom stereocenters. The van der Waals surface area contributed by atoms with Gasteiger partial charge in [-0.25, -0.2) is 0 Å². The molecule has 1 aliphatic rings. The molecule has 1 aliphatic heterocycles. The van der Waals surface area contributed by atoms with Crippen molar-refractivity contribution >= 4 is 28.8 Å². The summed E-state index contributed by atoms with van der Waals surface area (Å²) in [5.74, 6) is 0. The fourth-order valence-corrected chi connectivity index (χ4v) is 1.71. The van der Waals surface area contributed by atoms with Gasteiger partial charge in [0.25, 0.3) is 0 Å². The molecule has 0 saturated heterocycles. The number of hydrogen-bond acceptors (Lipinski definition) is 2. The molecule has 0 fully saturated rings. The first-order valence-corrected chi connectivity index (χ1v) is 4.78. The molecule has 0 N–H and O–H groups in total. The summed E-state index contributed by atoms with van der Waals surface area (Å²) in [6.07, 6.45) is 3.64. The summed E-state index contributed by atoms with van der Waals surface area (Å²) in [6.45, 7) is 0. The van der Waals surface area contributed by atoms with Crippen LogP contribution < -0.4 is 0 Å². The van der Waals surface area contributed by atoms with Crippen LogP contribution in [-0.2, 0) is 4.84 Å². The molecule has 0 saturated carbocycles. The first-order chi connectivity index (χ1) is 5.86. The average Bonchev–Trinajstić information content (AvgIpc) is 2.56. The van der Waals surface area contributed by atoms with Crippen LogP contribution in [0.3, 0.4) is 0 Å². The summed E-state index contributed by atoms with van der Waals surface area (Å²) >= 11 is 2.29. The molecule has 0 spiro atoms. The zero-order chi connectivity index (χ0) is 8.39. The van der Waals surface area contributed by atoms with Gasteiger partial charge in [0.2, 0.25) is 0 Å². The highest BCUT2D eigenvalue weighted by molar-refractivity contribution is 14.1. The van der Waals surface area contributed by atoms with Gasteiger partial charge in [0.15, 0.2) is 6.10 Å². The van der Waals surface area contributed by atoms with Gasteiger partial charge < -0.3 is 4.84 Å². The molecule has 0 aromatic heterocycles. The standard InChI is InChI=1S/C9H7INO/c10-8-3-1-2-7(6-8)9-4-5-11-12-9/h1-3,6,9H,4H2. The van der Waals surface area contributed by atoms with E-state index < -0.39 is 0 Å². The van der Waals surface area contributed by atoms with Crippen LogP contribution in [0.25, 0.3) is 0 Å². The fourth-order valence-electron chi connectivity index (χ4n) is 1.14. The maximum Gasteiger partial charge on any atom is 0.158 e. The molecule has 1 aromatic rings. The van der Waals surface area contributed by atoms with E-state index in [1.165, 1.54) is 9.13 Å². The van der Waals surface area contributed by atoms with Crippen molar-refractivity contribution in [1.82, 2.24) is 0 Å². The zero-order valence-corrected chi connectivity index (χ0v) is 8.48. The van der Waals surface area contributed by atoms with Crippen LogP contribution in [0.2, 0.25) is 0 Å². The van der Waals surface area contributed by atoms with Crippen LogP contribution in [0, 0.1) is 3.57 Å². The van der Waals surface area contributed by atoms with Crippen molar-refractivity contribution in [1.29, 1.82) is 0 Å². The van der Waals surface area contributed by atoms with Crippen molar-refractivity contribution in [3.05, 3.63) is 33.4 Å². The molecule has 0 amide bonds. The highest BCUT2D eigenvalue weighted by atomic mass is 127. The van der Waals surface area contributed by atoms with E-state index >= 15 is 0 Å². The maximum absolute atomic E-state index is 5.10. The first-order valence-electron chi connectivity index (χ1n) is 3.70. The van der Waals surface area contributed by atoms with Crippen LogP contribution in [0.1, 0.15) is 18.1 Å². The molecule has 0 aliphatic carbocycles. The normalized spacial score (nSPS) is 20.9. The van der Waals surface area contributed by atoms with Gasteiger partial charge in [-0.05, 0) is 40.3 Å². The lowest BCUT2D eigenvalue weighted by Gasteiger charge is -2.07. The third-order valence-corrected chi connectivity index (χ3v) is 2.41. The largest absolute Gasteiger partial charge is 0.387 e. The Labute approximate surface area is 84.7 Å². The smallest absolute Gasteiger partial charge is 0.158 e. The Morgan fingerprint density at radius 2 is 2.50 bits per heavy atom. The highest BCUT2D eigenvalue weighted by Gasteiger charge is 2.15. The molecule has 3 heteroatoms. The van der Waals surface area contributed by atoms with Gasteiger partial charge in [0.1, 0.15) is 6.21 Å². The summed E-state index contributed by atoms with van der Waals surface area (Å²) in [5.41, 5.74) is 1.18. The Kier molecular flexibility index (Phi) is 2.30. The second-order valence-corrected chi connectivity index (χ2v) is 3.85. The zero-order valence-electron chi connectivity index (χ0n) is 6.33. The van der Waals surface area contributed by atoms with E-state index in [1.54, 1.807) is 0 Å². The Morgan fingerprint density at radius 1 is 1.58 bits per heavy atom. The highest BCUT2D eigenvalue weighted by Crippen LogP contribution is 2.25. The lowest BCUT2D eigenvalue weighted by molar-refractivity contribution is 0.0857. The second-order valence-electron chi connectivity index (χ2n) is 2.60. The van der Waals surface area contributed by atoms with Gasteiger partial charge in [-0.2, -0.15) is 0 Å². The topological polar surface area (TPSA) is 21.6 Å². The molecule has 2 rings (SSSR count). The molecule has 61 valence electrons. The Morgan fingerprint density at radius 3 is 3.17 bits per heavy atom. The molecule has 2 nitrogen and oxygen atoms in total. The molecule has 1 radical (unpaired) electrons. The van der Waals surface area contributed by atoms with Gasteiger partial charge in [-0.1, -0.05) is 17.3 Å². The number of hydrogen-bond donors (Lipinski definition) is 0. The first kappa shape index (κ1) is 8.04. The van der Waals surface area contributed by atoms with Gasteiger partial charge in [0, 0.05) is 9.99 Å². The van der Waals surface area contributed by atoms with Crippen molar-refractivity contribution in [2.45, 2.75) is 12.5 Å². The predicted octanol–water partition coefficient (Wildman–Crippen LogP) is 2.62. The molecule has 1 atom stereocenters. The number of nitrogens with zero attached hydrogens (tertiary/aromatic N) is 1. The van der Waals surface area contributed by atoms with Crippen LogP contribution >= 0.6 is 22.6 Å². The quantitative estimate of drug-likeness (QED) is 0.720. The molecule has 1 heterocycles. The summed E-state index contributed by atoms with van der Waals surface area (Å²) in [5, 5.41) is 3.62. The minimum absolute atomic E-state index is 0.0831. The van der Waals surface area contributed by atoms with E-state index in [0.717, 1.165) is 6.42 Å². The second kappa shape index (κ2) is 3.43. The van der Waals surface area contributed by atoms with E-state index in [-0.39, 0.29) is 6.10 Å². The molecule has 1 aromatic carbocycles. The van der Waals surface area contributed by atoms with Crippen molar-refractivity contribution in [2.75, 3.05) is 0 Å². The summed E-state index contributed by atoms with van der Waals surface area (Å²) < 4.78 is 1.22. The third-order valence-electron chi connectivity index (χ3n) is 1.74. The van der Waals surface area contributed by atoms with Crippen LogP contribution in [-0.4, -0.2) is 6.21 Å². The van der Waals surface area contributed by atoms with Crippen molar-refractivity contribution in [3.8, 4) is 0 Å². The summed E-state index contributed by atoms with van der Waals surface area (Å²) in [6, 6.07) is 8.24. The third kappa shape index (κ3) is 1.60. The minimum Gasteiger partial charge on any atom is -0.387 e. The van der Waals surface area contributed by atoms with Gasteiger partial charge in [0.05, 0.1) is 0 Å². The van der Waals surface area contributed by atoms with Gasteiger partial charge in [-0.3, -0.25) is 0 Å². The molecule has 0 bridgehead atoms. The van der Waals surface area contributed by atoms with Gasteiger partial charge in [-0.15, -0.1) is 0 Å². The van der Waals surface area contributed by atoms with Crippen LogP contribution in [0.5, 0.6) is 0 Å². The van der Waals surface area contributed by atoms with E-state index in [4.69, 9.17) is 4.84 Å².